The van der Waals surface area contributed by atoms with E-state index < -0.39 is 17.7 Å². The number of alkyl halides is 3. The second-order valence-corrected chi connectivity index (χ2v) is 2.66. The van der Waals surface area contributed by atoms with Crippen LogP contribution < -0.4 is 4.74 Å². The lowest BCUT2D eigenvalue weighted by Gasteiger charge is -2.08. The summed E-state index contributed by atoms with van der Waals surface area (Å²) in [6.07, 6.45) is -4.45. The Balaban J connectivity index is 2.70. The van der Waals surface area contributed by atoms with Crippen LogP contribution in [0.1, 0.15) is 0 Å². The van der Waals surface area contributed by atoms with Crippen molar-refractivity contribution in [3.63, 3.8) is 0 Å². The molecule has 4 nitrogen and oxygen atoms in total. The average Bonchev–Trinajstić information content (AvgIpc) is 2.14. The summed E-state index contributed by atoms with van der Waals surface area (Å²) in [6.45, 7) is -1.46. The molecule has 0 aliphatic rings. The number of benzene rings is 1. The molecule has 0 heterocycles. The van der Waals surface area contributed by atoms with E-state index in [1.807, 2.05) is 0 Å². The summed E-state index contributed by atoms with van der Waals surface area (Å²) < 4.78 is 39.6. The molecular weight excluding hydrogens is 215 g/mol. The number of non-ortho nitro benzene ring substituents is 1. The third kappa shape index (κ3) is 3.84. The van der Waals surface area contributed by atoms with Crippen LogP contribution in [0.4, 0.5) is 18.9 Å². The summed E-state index contributed by atoms with van der Waals surface area (Å²) in [7, 11) is 0. The van der Waals surface area contributed by atoms with E-state index in [0.717, 1.165) is 6.07 Å². The van der Waals surface area contributed by atoms with Gasteiger partial charge in [0.05, 0.1) is 11.0 Å². The fraction of sp³-hybridized carbons (Fsp3) is 0.250. The molecule has 7 heteroatoms. The number of halogens is 3. The third-order valence-electron chi connectivity index (χ3n) is 1.43. The number of rotatable bonds is 3. The van der Waals surface area contributed by atoms with Crippen molar-refractivity contribution in [1.29, 1.82) is 0 Å². The first kappa shape index (κ1) is 11.3. The zero-order valence-corrected chi connectivity index (χ0v) is 7.32. The molecule has 0 fully saturated rings. The number of nitrogens with zero attached hydrogens (tertiary/aromatic N) is 1. The first-order valence-electron chi connectivity index (χ1n) is 3.82. The first-order valence-corrected chi connectivity index (χ1v) is 3.82. The lowest BCUT2D eigenvalue weighted by Crippen LogP contribution is -2.19. The standard InChI is InChI=1S/C8H6F3NO3/c9-8(10,11)5-15-7-3-1-2-6(4-7)12(13)14/h1-4H,5H2. The monoisotopic (exact) mass is 221 g/mol. The molecule has 1 aromatic carbocycles. The van der Waals surface area contributed by atoms with E-state index in [0.29, 0.717) is 0 Å². The van der Waals surface area contributed by atoms with Crippen LogP contribution in [-0.4, -0.2) is 17.7 Å². The van der Waals surface area contributed by atoms with Crippen LogP contribution in [0.15, 0.2) is 24.3 Å². The van der Waals surface area contributed by atoms with Gasteiger partial charge in [-0.3, -0.25) is 10.1 Å². The highest BCUT2D eigenvalue weighted by Crippen LogP contribution is 2.22. The van der Waals surface area contributed by atoms with Crippen molar-refractivity contribution in [2.45, 2.75) is 6.18 Å². The Labute approximate surface area is 82.4 Å². The highest BCUT2D eigenvalue weighted by molar-refractivity contribution is 5.37. The van der Waals surface area contributed by atoms with Crippen molar-refractivity contribution in [1.82, 2.24) is 0 Å². The van der Waals surface area contributed by atoms with Crippen molar-refractivity contribution in [2.24, 2.45) is 0 Å². The quantitative estimate of drug-likeness (QED) is 0.582. The van der Waals surface area contributed by atoms with E-state index in [1.54, 1.807) is 0 Å². The summed E-state index contributed by atoms with van der Waals surface area (Å²) >= 11 is 0. The molecule has 1 rings (SSSR count). The summed E-state index contributed by atoms with van der Waals surface area (Å²) in [4.78, 5) is 9.57. The fourth-order valence-corrected chi connectivity index (χ4v) is 0.852. The zero-order chi connectivity index (χ0) is 11.5. The van der Waals surface area contributed by atoms with Crippen LogP contribution in [0.2, 0.25) is 0 Å². The summed E-state index contributed by atoms with van der Waals surface area (Å²) in [5, 5.41) is 10.3. The Morgan fingerprint density at radius 1 is 1.40 bits per heavy atom. The van der Waals surface area contributed by atoms with Crippen molar-refractivity contribution >= 4 is 5.69 Å². The maximum Gasteiger partial charge on any atom is 0.422 e. The van der Waals surface area contributed by atoms with Crippen LogP contribution in [0, 0.1) is 10.1 Å². The van der Waals surface area contributed by atoms with E-state index in [9.17, 15) is 23.3 Å². The Morgan fingerprint density at radius 3 is 2.60 bits per heavy atom. The van der Waals surface area contributed by atoms with Gasteiger partial charge < -0.3 is 4.74 Å². The normalized spacial score (nSPS) is 11.1. The smallest absolute Gasteiger partial charge is 0.422 e. The van der Waals surface area contributed by atoms with Crippen LogP contribution in [-0.2, 0) is 0 Å². The van der Waals surface area contributed by atoms with Gasteiger partial charge in [-0.1, -0.05) is 6.07 Å². The molecule has 0 radical (unpaired) electrons. The lowest BCUT2D eigenvalue weighted by molar-refractivity contribution is -0.385. The Kier molecular flexibility index (Phi) is 3.13. The molecule has 0 bridgehead atoms. The molecule has 0 amide bonds. The number of nitro groups is 1. The van der Waals surface area contributed by atoms with Gasteiger partial charge in [-0.15, -0.1) is 0 Å². The molecule has 0 aliphatic heterocycles. The van der Waals surface area contributed by atoms with Gasteiger partial charge in [0.1, 0.15) is 5.75 Å². The van der Waals surface area contributed by atoms with Gasteiger partial charge in [0.15, 0.2) is 6.61 Å². The molecule has 0 spiro atoms. The van der Waals surface area contributed by atoms with E-state index in [2.05, 4.69) is 4.74 Å². The topological polar surface area (TPSA) is 52.4 Å². The fourth-order valence-electron chi connectivity index (χ4n) is 0.852. The molecule has 0 aromatic heterocycles. The molecule has 0 saturated heterocycles. The van der Waals surface area contributed by atoms with E-state index in [-0.39, 0.29) is 11.4 Å². The van der Waals surface area contributed by atoms with Crippen LogP contribution in [0.25, 0.3) is 0 Å². The van der Waals surface area contributed by atoms with Gasteiger partial charge in [-0.05, 0) is 6.07 Å². The molecule has 0 aliphatic carbocycles. The van der Waals surface area contributed by atoms with Crippen molar-refractivity contribution in [2.75, 3.05) is 6.61 Å². The lowest BCUT2D eigenvalue weighted by atomic mass is 10.3. The molecule has 0 saturated carbocycles. The minimum atomic E-state index is -4.45. The first-order chi connectivity index (χ1) is 6.88. The Morgan fingerprint density at radius 2 is 2.07 bits per heavy atom. The van der Waals surface area contributed by atoms with Gasteiger partial charge in [0.2, 0.25) is 0 Å². The molecule has 1 aromatic rings. The second kappa shape index (κ2) is 4.16. The number of hydrogen-bond acceptors (Lipinski definition) is 3. The molecule has 15 heavy (non-hydrogen) atoms. The minimum absolute atomic E-state index is 0.179. The van der Waals surface area contributed by atoms with Crippen LogP contribution >= 0.6 is 0 Å². The number of nitro benzene ring substituents is 1. The summed E-state index contributed by atoms with van der Waals surface area (Å²) in [5.41, 5.74) is -0.310. The van der Waals surface area contributed by atoms with Crippen LogP contribution in [0.5, 0.6) is 5.75 Å². The number of ether oxygens (including phenoxy) is 1. The van der Waals surface area contributed by atoms with Crippen molar-refractivity contribution < 1.29 is 22.8 Å². The molecule has 0 atom stereocenters. The van der Waals surface area contributed by atoms with Gasteiger partial charge in [0, 0.05) is 6.07 Å². The average molecular weight is 221 g/mol. The maximum atomic E-state index is 11.7. The highest BCUT2D eigenvalue weighted by atomic mass is 19.4. The van der Waals surface area contributed by atoms with Gasteiger partial charge >= 0.3 is 6.18 Å². The second-order valence-electron chi connectivity index (χ2n) is 2.66. The van der Waals surface area contributed by atoms with E-state index >= 15 is 0 Å². The van der Waals surface area contributed by atoms with Gasteiger partial charge in [-0.2, -0.15) is 13.2 Å². The van der Waals surface area contributed by atoms with E-state index in [1.165, 1.54) is 18.2 Å². The Hall–Kier alpha value is -1.79. The van der Waals surface area contributed by atoms with Gasteiger partial charge in [-0.25, -0.2) is 0 Å². The molecule has 0 unspecified atom stereocenters. The molecule has 82 valence electrons. The largest absolute Gasteiger partial charge is 0.484 e. The predicted molar refractivity (Wildman–Crippen MR) is 44.6 cm³/mol. The van der Waals surface area contributed by atoms with Crippen molar-refractivity contribution in [3.8, 4) is 5.75 Å². The molecular formula is C8H6F3NO3. The third-order valence-corrected chi connectivity index (χ3v) is 1.43. The zero-order valence-electron chi connectivity index (χ0n) is 7.32. The Bertz CT molecular complexity index is 364. The van der Waals surface area contributed by atoms with Crippen molar-refractivity contribution in [3.05, 3.63) is 34.4 Å². The van der Waals surface area contributed by atoms with Crippen LogP contribution in [0.3, 0.4) is 0 Å². The highest BCUT2D eigenvalue weighted by Gasteiger charge is 2.28. The molecule has 0 N–H and O–H groups in total. The maximum absolute atomic E-state index is 11.7. The minimum Gasteiger partial charge on any atom is -0.484 e. The summed E-state index contributed by atoms with van der Waals surface area (Å²) in [6, 6.07) is 4.58. The SMILES string of the molecule is O=[N+]([O-])c1cccc(OCC(F)(F)F)c1. The number of hydrogen-bond donors (Lipinski definition) is 0. The van der Waals surface area contributed by atoms with Gasteiger partial charge in [0.25, 0.3) is 5.69 Å². The summed E-state index contributed by atoms with van der Waals surface area (Å²) in [5.74, 6) is -0.179. The van der Waals surface area contributed by atoms with E-state index in [4.69, 9.17) is 0 Å². The predicted octanol–water partition coefficient (Wildman–Crippen LogP) is 2.54.